The normalized spacial score (nSPS) is 12.2. The van der Waals surface area contributed by atoms with Crippen LogP contribution in [0.25, 0.3) is 0 Å². The Balaban J connectivity index is 1.82. The Labute approximate surface area is 207 Å². The SMILES string of the molecule is COc1ccccc1N(CC(=O)N/N=C(/C)CC(C)(C)c1ccccc1)S(=O)(=O)c1ccccc1. The molecule has 0 atom stereocenters. The van der Waals surface area contributed by atoms with Crippen molar-refractivity contribution in [2.75, 3.05) is 18.0 Å². The molecule has 0 aromatic heterocycles. The van der Waals surface area contributed by atoms with Crippen LogP contribution in [-0.4, -0.2) is 33.7 Å². The maximum absolute atomic E-state index is 13.5. The van der Waals surface area contributed by atoms with Gasteiger partial charge in [0.05, 0.1) is 17.7 Å². The van der Waals surface area contributed by atoms with E-state index in [1.54, 1.807) is 42.5 Å². The van der Waals surface area contributed by atoms with Crippen LogP contribution in [0.5, 0.6) is 5.75 Å². The Kier molecular flexibility index (Phi) is 8.30. The summed E-state index contributed by atoms with van der Waals surface area (Å²) in [4.78, 5) is 13.0. The molecule has 0 unspecified atom stereocenters. The molecule has 0 spiro atoms. The van der Waals surface area contributed by atoms with Crippen molar-refractivity contribution >= 4 is 27.3 Å². The standard InChI is InChI=1S/C27H31N3O4S/c1-21(19-27(2,3)22-13-7-5-8-14-22)28-29-26(31)20-30(24-17-11-12-18-25(24)34-4)35(32,33)23-15-9-6-10-16-23/h5-18H,19-20H2,1-4H3,(H,29,31)/b28-21-. The first-order valence-electron chi connectivity index (χ1n) is 11.2. The molecule has 0 radical (unpaired) electrons. The molecular formula is C27H31N3O4S. The molecule has 0 aliphatic carbocycles. The van der Waals surface area contributed by atoms with Gasteiger partial charge in [0.25, 0.3) is 15.9 Å². The van der Waals surface area contributed by atoms with E-state index in [4.69, 9.17) is 4.74 Å². The van der Waals surface area contributed by atoms with Crippen molar-refractivity contribution in [3.63, 3.8) is 0 Å². The number of ether oxygens (including phenoxy) is 1. The van der Waals surface area contributed by atoms with E-state index in [-0.39, 0.29) is 16.0 Å². The number of carbonyl (C=O) groups is 1. The van der Waals surface area contributed by atoms with Gasteiger partial charge in [0.2, 0.25) is 0 Å². The minimum atomic E-state index is -4.04. The summed E-state index contributed by atoms with van der Waals surface area (Å²) in [6, 6.07) is 24.7. The van der Waals surface area contributed by atoms with E-state index in [1.807, 2.05) is 25.1 Å². The van der Waals surface area contributed by atoms with Crippen molar-refractivity contribution in [2.45, 2.75) is 37.5 Å². The molecule has 0 aliphatic heterocycles. The molecule has 0 fully saturated rings. The van der Waals surface area contributed by atoms with Crippen molar-refractivity contribution < 1.29 is 17.9 Å². The third-order valence-electron chi connectivity index (χ3n) is 5.60. The maximum Gasteiger partial charge on any atom is 0.264 e. The first-order valence-corrected chi connectivity index (χ1v) is 12.7. The van der Waals surface area contributed by atoms with Gasteiger partial charge < -0.3 is 4.74 Å². The summed E-state index contributed by atoms with van der Waals surface area (Å²) >= 11 is 0. The fraction of sp³-hybridized carbons (Fsp3) is 0.259. The number of sulfonamides is 1. The molecule has 0 saturated carbocycles. The highest BCUT2D eigenvalue weighted by Gasteiger charge is 2.29. The van der Waals surface area contributed by atoms with E-state index < -0.39 is 22.5 Å². The van der Waals surface area contributed by atoms with Crippen LogP contribution in [0.2, 0.25) is 0 Å². The van der Waals surface area contributed by atoms with Gasteiger partial charge in [-0.05, 0) is 48.6 Å². The second-order valence-corrected chi connectivity index (χ2v) is 10.7. The molecular weight excluding hydrogens is 462 g/mol. The molecule has 35 heavy (non-hydrogen) atoms. The monoisotopic (exact) mass is 493 g/mol. The summed E-state index contributed by atoms with van der Waals surface area (Å²) in [7, 11) is -2.59. The third-order valence-corrected chi connectivity index (χ3v) is 7.37. The lowest BCUT2D eigenvalue weighted by atomic mass is 9.80. The lowest BCUT2D eigenvalue weighted by molar-refractivity contribution is -0.119. The second kappa shape index (κ2) is 11.2. The predicted molar refractivity (Wildman–Crippen MR) is 139 cm³/mol. The zero-order chi connectivity index (χ0) is 25.5. The minimum Gasteiger partial charge on any atom is -0.495 e. The van der Waals surface area contributed by atoms with Gasteiger partial charge in [-0.2, -0.15) is 5.10 Å². The van der Waals surface area contributed by atoms with Gasteiger partial charge in [-0.3, -0.25) is 9.10 Å². The van der Waals surface area contributed by atoms with Crippen LogP contribution in [-0.2, 0) is 20.2 Å². The summed E-state index contributed by atoms with van der Waals surface area (Å²) in [6.07, 6.45) is 0.621. The summed E-state index contributed by atoms with van der Waals surface area (Å²) < 4.78 is 33.4. The molecule has 8 heteroatoms. The van der Waals surface area contributed by atoms with Gasteiger partial charge in [-0.15, -0.1) is 0 Å². The molecule has 184 valence electrons. The topological polar surface area (TPSA) is 88.1 Å². The molecule has 3 aromatic carbocycles. The predicted octanol–water partition coefficient (Wildman–Crippen LogP) is 4.75. The zero-order valence-corrected chi connectivity index (χ0v) is 21.2. The highest BCUT2D eigenvalue weighted by molar-refractivity contribution is 7.92. The van der Waals surface area contributed by atoms with E-state index in [0.29, 0.717) is 12.2 Å². The molecule has 1 amide bonds. The minimum absolute atomic E-state index is 0.0722. The molecule has 3 rings (SSSR count). The number of para-hydroxylation sites is 2. The number of benzene rings is 3. The van der Waals surface area contributed by atoms with Crippen LogP contribution in [0, 0.1) is 0 Å². The molecule has 0 aliphatic rings. The van der Waals surface area contributed by atoms with Crippen LogP contribution in [0.3, 0.4) is 0 Å². The molecule has 0 saturated heterocycles. The van der Waals surface area contributed by atoms with Gasteiger partial charge >= 0.3 is 0 Å². The Morgan fingerprint density at radius 2 is 1.51 bits per heavy atom. The van der Waals surface area contributed by atoms with Gasteiger partial charge in [-0.25, -0.2) is 13.8 Å². The first kappa shape index (κ1) is 26.0. The largest absolute Gasteiger partial charge is 0.495 e. The molecule has 1 N–H and O–H groups in total. The second-order valence-electron chi connectivity index (χ2n) is 8.81. The number of nitrogens with one attached hydrogen (secondary N) is 1. The smallest absolute Gasteiger partial charge is 0.264 e. The fourth-order valence-corrected chi connectivity index (χ4v) is 5.30. The van der Waals surface area contributed by atoms with Crippen molar-refractivity contribution in [1.29, 1.82) is 0 Å². The van der Waals surface area contributed by atoms with Crippen molar-refractivity contribution in [2.24, 2.45) is 5.10 Å². The van der Waals surface area contributed by atoms with Gasteiger partial charge in [-0.1, -0.05) is 74.5 Å². The summed E-state index contributed by atoms with van der Waals surface area (Å²) in [5.41, 5.74) is 4.49. The molecule has 0 heterocycles. The average Bonchev–Trinajstić information content (AvgIpc) is 2.86. The number of hydrogen-bond donors (Lipinski definition) is 1. The fourth-order valence-electron chi connectivity index (χ4n) is 3.85. The van der Waals surface area contributed by atoms with E-state index in [9.17, 15) is 13.2 Å². The van der Waals surface area contributed by atoms with E-state index in [1.165, 1.54) is 19.2 Å². The van der Waals surface area contributed by atoms with Crippen molar-refractivity contribution in [3.8, 4) is 5.75 Å². The van der Waals surface area contributed by atoms with Gasteiger partial charge in [0, 0.05) is 5.71 Å². The molecule has 7 nitrogen and oxygen atoms in total. The summed E-state index contributed by atoms with van der Waals surface area (Å²) in [5, 5.41) is 4.24. The quantitative estimate of drug-likeness (QED) is 0.326. The Morgan fingerprint density at radius 3 is 2.14 bits per heavy atom. The number of hydrazone groups is 1. The van der Waals surface area contributed by atoms with Crippen LogP contribution >= 0.6 is 0 Å². The maximum atomic E-state index is 13.5. The highest BCUT2D eigenvalue weighted by atomic mass is 32.2. The number of carbonyl (C=O) groups excluding carboxylic acids is 1. The summed E-state index contributed by atoms with van der Waals surface area (Å²) in [5.74, 6) is -0.226. The molecule has 3 aromatic rings. The lowest BCUT2D eigenvalue weighted by Crippen LogP contribution is -2.40. The van der Waals surface area contributed by atoms with Crippen LogP contribution in [0.4, 0.5) is 5.69 Å². The van der Waals surface area contributed by atoms with Gasteiger partial charge in [0.1, 0.15) is 12.3 Å². The number of methoxy groups -OCH3 is 1. The Morgan fingerprint density at radius 1 is 0.943 bits per heavy atom. The van der Waals surface area contributed by atoms with Crippen molar-refractivity contribution in [1.82, 2.24) is 5.43 Å². The van der Waals surface area contributed by atoms with Gasteiger partial charge in [0.15, 0.2) is 0 Å². The lowest BCUT2D eigenvalue weighted by Gasteiger charge is -2.26. The Hall–Kier alpha value is -3.65. The number of anilines is 1. The summed E-state index contributed by atoms with van der Waals surface area (Å²) in [6.45, 7) is 5.60. The third kappa shape index (κ3) is 6.48. The number of amides is 1. The van der Waals surface area contributed by atoms with Crippen LogP contribution in [0.15, 0.2) is 94.9 Å². The number of nitrogens with zero attached hydrogens (tertiary/aromatic N) is 2. The van der Waals surface area contributed by atoms with Crippen molar-refractivity contribution in [3.05, 3.63) is 90.5 Å². The number of rotatable bonds is 10. The average molecular weight is 494 g/mol. The Bertz CT molecular complexity index is 1270. The van der Waals surface area contributed by atoms with E-state index in [0.717, 1.165) is 15.6 Å². The first-order chi connectivity index (χ1) is 16.6. The van der Waals surface area contributed by atoms with E-state index in [2.05, 4.69) is 36.5 Å². The number of hydrogen-bond acceptors (Lipinski definition) is 5. The zero-order valence-electron chi connectivity index (χ0n) is 20.4. The molecule has 0 bridgehead atoms. The van der Waals surface area contributed by atoms with Crippen LogP contribution < -0.4 is 14.5 Å². The van der Waals surface area contributed by atoms with E-state index >= 15 is 0 Å². The highest BCUT2D eigenvalue weighted by Crippen LogP contribution is 2.32. The van der Waals surface area contributed by atoms with Crippen LogP contribution in [0.1, 0.15) is 32.8 Å².